The molecule has 21 heteroatoms. The number of methoxy groups -OCH3 is 4. The van der Waals surface area contributed by atoms with Gasteiger partial charge in [0, 0.05) is 77.4 Å². The Kier molecular flexibility index (Phi) is 25.3. The summed E-state index contributed by atoms with van der Waals surface area (Å²) in [7, 11) is 5.80. The van der Waals surface area contributed by atoms with Crippen molar-refractivity contribution in [1.82, 2.24) is 0 Å². The molecule has 5 rings (SSSR count). The lowest BCUT2D eigenvalue weighted by atomic mass is 9.76. The molecule has 0 saturated carbocycles. The Morgan fingerprint density at radius 3 is 2.05 bits per heavy atom. The second-order valence-corrected chi connectivity index (χ2v) is 23.0. The average Bonchev–Trinajstić information content (AvgIpc) is 3.46. The molecule has 25 atom stereocenters. The van der Waals surface area contributed by atoms with Crippen molar-refractivity contribution in [3.63, 3.8) is 0 Å². The maximum absolute atomic E-state index is 14.1. The third kappa shape index (κ3) is 17.3. The van der Waals surface area contributed by atoms with E-state index in [2.05, 4.69) is 0 Å². The highest BCUT2D eigenvalue weighted by Gasteiger charge is 2.57. The van der Waals surface area contributed by atoms with E-state index in [1.54, 1.807) is 54.5 Å². The Morgan fingerprint density at radius 2 is 1.42 bits per heavy atom. The van der Waals surface area contributed by atoms with Gasteiger partial charge in [-0.25, -0.2) is 4.79 Å². The maximum Gasteiger partial charge on any atom is 0.334 e. The molecule has 0 amide bonds. The quantitative estimate of drug-likeness (QED) is 0.109. The summed E-state index contributed by atoms with van der Waals surface area (Å²) in [4.78, 5) is 14.1. The molecule has 25 unspecified atom stereocenters. The molecule has 5 heterocycles. The highest BCUT2D eigenvalue weighted by Crippen LogP contribution is 2.43. The average molecular weight is 1130 g/mol. The minimum atomic E-state index is -2.54. The van der Waals surface area contributed by atoms with Gasteiger partial charge in [0.2, 0.25) is 5.79 Å². The van der Waals surface area contributed by atoms with Crippen LogP contribution in [0.25, 0.3) is 0 Å². The van der Waals surface area contributed by atoms with Crippen molar-refractivity contribution in [2.75, 3.05) is 35.0 Å². The predicted molar refractivity (Wildman–Crippen MR) is 288 cm³/mol. The van der Waals surface area contributed by atoms with E-state index in [1.165, 1.54) is 35.4 Å². The largest absolute Gasteiger partial charge is 0.456 e. The monoisotopic (exact) mass is 1130 g/mol. The van der Waals surface area contributed by atoms with Crippen LogP contribution in [0.1, 0.15) is 115 Å². The van der Waals surface area contributed by atoms with Crippen molar-refractivity contribution < 1.29 is 102 Å². The van der Waals surface area contributed by atoms with Crippen LogP contribution in [0, 0.1) is 17.8 Å². The molecule has 0 aromatic heterocycles. The van der Waals surface area contributed by atoms with Crippen molar-refractivity contribution in [3.8, 4) is 0 Å². The molecule has 454 valence electrons. The van der Waals surface area contributed by atoms with Crippen molar-refractivity contribution in [2.45, 2.75) is 249 Å². The lowest BCUT2D eigenvalue weighted by molar-refractivity contribution is -0.366. The summed E-state index contributed by atoms with van der Waals surface area (Å²) < 4.78 is 72.0. The summed E-state index contributed by atoms with van der Waals surface area (Å²) in [5.41, 5.74) is 0.977. The second-order valence-electron chi connectivity index (χ2n) is 23.0. The number of aliphatic hydroxyl groups is 8. The summed E-state index contributed by atoms with van der Waals surface area (Å²) in [6.45, 7) is 19.1. The van der Waals surface area contributed by atoms with Gasteiger partial charge in [0.15, 0.2) is 18.9 Å². The SMILES string of the molecule is COCC(CC1OC(O)(C(O)C2CC(OC)C(O)CCC=C(C)C=CC(OC3OC(C)C(OC)C(O)C3O)C(C)C=C(C)C=C(C)C=C(C)C(=O)O2)C(C)C(O)C1C)OC1CC(C)(O)C(OC2CC(OC)C(O)C(C)O2)C(C)O1. The number of hydrogen-bond donors (Lipinski definition) is 8. The zero-order valence-corrected chi connectivity index (χ0v) is 49.1. The van der Waals surface area contributed by atoms with Gasteiger partial charge in [-0.15, -0.1) is 0 Å². The van der Waals surface area contributed by atoms with Crippen LogP contribution in [0.15, 0.2) is 58.7 Å². The van der Waals surface area contributed by atoms with Gasteiger partial charge >= 0.3 is 5.97 Å². The van der Waals surface area contributed by atoms with Gasteiger partial charge in [-0.2, -0.15) is 0 Å². The minimum absolute atomic E-state index is 0.00743. The lowest BCUT2D eigenvalue weighted by Crippen LogP contribution is -2.66. The highest BCUT2D eigenvalue weighted by atomic mass is 16.7. The topological polar surface area (TPSA) is 290 Å². The van der Waals surface area contributed by atoms with Crippen molar-refractivity contribution >= 4 is 5.97 Å². The summed E-state index contributed by atoms with van der Waals surface area (Å²) in [6, 6.07) is 0. The molecule has 0 aromatic carbocycles. The van der Waals surface area contributed by atoms with E-state index in [0.29, 0.717) is 12.0 Å². The number of carbonyl (C=O) groups excluding carboxylic acids is 1. The standard InChI is InChI=1S/C58H96O21/c1-29-17-16-18-40(59)43(69-13)25-45(76-55(65)33(5)23-31(3)21-30(2)22-32(4)41(20-19-29)77-56-51(63)50(62)52(71-15)37(9)74-56)53(64)58(67)35(7)48(60)34(6)42(79-58)24-39(28-68-12)75-47-27-57(11,66)54(38(10)73-47)78-46-26-44(70-14)49(61)36(8)72-46/h17,19-23,32,34-54,56,59-64,66-67H,16,18,24-28H2,1-15H3. The van der Waals surface area contributed by atoms with Crippen LogP contribution in [0.2, 0.25) is 0 Å². The van der Waals surface area contributed by atoms with E-state index in [9.17, 15) is 45.6 Å². The highest BCUT2D eigenvalue weighted by molar-refractivity contribution is 5.88. The minimum Gasteiger partial charge on any atom is -0.456 e. The van der Waals surface area contributed by atoms with E-state index in [0.717, 1.165) is 11.1 Å². The van der Waals surface area contributed by atoms with E-state index in [1.807, 2.05) is 51.2 Å². The van der Waals surface area contributed by atoms with E-state index in [-0.39, 0.29) is 50.2 Å². The van der Waals surface area contributed by atoms with Gasteiger partial charge in [-0.05, 0) is 74.3 Å². The van der Waals surface area contributed by atoms with Gasteiger partial charge in [-0.3, -0.25) is 0 Å². The molecule has 21 nitrogen and oxygen atoms in total. The van der Waals surface area contributed by atoms with Gasteiger partial charge < -0.3 is 97.7 Å². The van der Waals surface area contributed by atoms with Crippen LogP contribution in [0.3, 0.4) is 0 Å². The molecule has 0 radical (unpaired) electrons. The third-order valence-corrected chi connectivity index (χ3v) is 16.4. The molecule has 0 spiro atoms. The molecule has 8 N–H and O–H groups in total. The molecular formula is C58H96O21. The first-order chi connectivity index (χ1) is 37.1. The van der Waals surface area contributed by atoms with E-state index in [4.69, 9.17) is 56.8 Å². The Bertz CT molecular complexity index is 2080. The number of rotatable bonds is 15. The molecular weight excluding hydrogens is 1030 g/mol. The Morgan fingerprint density at radius 1 is 0.747 bits per heavy atom. The fourth-order valence-electron chi connectivity index (χ4n) is 11.6. The number of esters is 1. The maximum atomic E-state index is 14.1. The second kappa shape index (κ2) is 29.8. The summed E-state index contributed by atoms with van der Waals surface area (Å²) in [5, 5.41) is 92.6. The molecule has 79 heavy (non-hydrogen) atoms. The number of allylic oxidation sites excluding steroid dienone is 7. The van der Waals surface area contributed by atoms with Gasteiger partial charge in [0.25, 0.3) is 0 Å². The Hall–Kier alpha value is -2.59. The van der Waals surface area contributed by atoms with Crippen LogP contribution in [-0.4, -0.2) is 216 Å². The molecule has 5 aliphatic heterocycles. The number of cyclic esters (lactones) is 1. The lowest BCUT2D eigenvalue weighted by Gasteiger charge is -2.51. The number of carbonyl (C=O) groups is 1. The van der Waals surface area contributed by atoms with Crippen LogP contribution in [-0.2, 0) is 61.6 Å². The molecule has 0 bridgehead atoms. The Labute approximate surface area is 467 Å². The first-order valence-electron chi connectivity index (χ1n) is 27.9. The number of aliphatic hydroxyl groups excluding tert-OH is 6. The smallest absolute Gasteiger partial charge is 0.334 e. The molecule has 0 aliphatic carbocycles. The zero-order valence-electron chi connectivity index (χ0n) is 49.1. The van der Waals surface area contributed by atoms with E-state index < -0.39 is 152 Å². The van der Waals surface area contributed by atoms with Gasteiger partial charge in [0.1, 0.15) is 42.7 Å². The first-order valence-corrected chi connectivity index (χ1v) is 27.9. The molecule has 4 saturated heterocycles. The number of ether oxygens (including phenoxy) is 12. The fraction of sp³-hybridized carbons (Fsp3) is 0.810. The zero-order chi connectivity index (χ0) is 58.8. The van der Waals surface area contributed by atoms with Crippen molar-refractivity contribution in [1.29, 1.82) is 0 Å². The van der Waals surface area contributed by atoms with Crippen LogP contribution in [0.5, 0.6) is 0 Å². The Balaban J connectivity index is 1.37. The fourth-order valence-corrected chi connectivity index (χ4v) is 11.6. The predicted octanol–water partition coefficient (Wildman–Crippen LogP) is 3.59. The molecule has 5 aliphatic rings. The molecule has 4 fully saturated rings. The van der Waals surface area contributed by atoms with Crippen molar-refractivity contribution in [3.05, 3.63) is 58.7 Å². The van der Waals surface area contributed by atoms with Crippen LogP contribution in [0.4, 0.5) is 0 Å². The third-order valence-electron chi connectivity index (χ3n) is 16.4. The van der Waals surface area contributed by atoms with Crippen molar-refractivity contribution in [2.24, 2.45) is 17.8 Å². The number of hydrogen-bond acceptors (Lipinski definition) is 21. The normalized spacial score (nSPS) is 43.6. The van der Waals surface area contributed by atoms with Crippen LogP contribution < -0.4 is 0 Å². The van der Waals surface area contributed by atoms with Crippen LogP contribution >= 0.6 is 0 Å². The van der Waals surface area contributed by atoms with Gasteiger partial charge in [0.05, 0.1) is 73.2 Å². The molecule has 0 aromatic rings. The first kappa shape index (κ1) is 67.2. The van der Waals surface area contributed by atoms with E-state index >= 15 is 0 Å². The summed E-state index contributed by atoms with van der Waals surface area (Å²) >= 11 is 0. The summed E-state index contributed by atoms with van der Waals surface area (Å²) in [5.74, 6) is -5.45. The van der Waals surface area contributed by atoms with Gasteiger partial charge in [-0.1, -0.05) is 67.9 Å². The summed E-state index contributed by atoms with van der Waals surface area (Å²) in [6.07, 6.45) is -8.27.